The molecule has 0 bridgehead atoms. The Morgan fingerprint density at radius 1 is 1.45 bits per heavy atom. The first-order chi connectivity index (χ1) is 10.4. The molecule has 0 radical (unpaired) electrons. The van der Waals surface area contributed by atoms with Crippen LogP contribution in [-0.4, -0.2) is 39.3 Å². The largest absolute Gasteiger partial charge is 0.481 e. The molecule has 1 saturated heterocycles. The summed E-state index contributed by atoms with van der Waals surface area (Å²) in [4.78, 5) is 12.6. The highest BCUT2D eigenvalue weighted by Gasteiger charge is 2.41. The Bertz CT molecular complexity index is 657. The molecule has 1 aromatic rings. The minimum Gasteiger partial charge on any atom is -0.481 e. The molecule has 0 amide bonds. The van der Waals surface area contributed by atoms with E-state index in [4.69, 9.17) is 4.74 Å². The third-order valence-electron chi connectivity index (χ3n) is 4.22. The molecular weight excluding hydrogens is 326 g/mol. The SMILES string of the molecule is O=C(O)C1(CNS(=O)(=O)c2ccc(C3CC3)s2)CCCOC1. The average molecular weight is 345 g/mol. The maximum absolute atomic E-state index is 12.4. The molecule has 1 aromatic heterocycles. The molecule has 2 N–H and O–H groups in total. The van der Waals surface area contributed by atoms with Crippen LogP contribution in [0.4, 0.5) is 0 Å². The van der Waals surface area contributed by atoms with Crippen LogP contribution in [0.15, 0.2) is 16.3 Å². The van der Waals surface area contributed by atoms with E-state index in [0.29, 0.717) is 25.4 Å². The van der Waals surface area contributed by atoms with Gasteiger partial charge in [-0.2, -0.15) is 0 Å². The molecule has 3 rings (SSSR count). The third-order valence-corrected chi connectivity index (χ3v) is 7.36. The summed E-state index contributed by atoms with van der Waals surface area (Å²) in [6.45, 7) is 0.432. The molecule has 2 heterocycles. The highest BCUT2D eigenvalue weighted by molar-refractivity contribution is 7.91. The van der Waals surface area contributed by atoms with Crippen molar-refractivity contribution in [3.63, 3.8) is 0 Å². The lowest BCUT2D eigenvalue weighted by Crippen LogP contribution is -2.48. The molecule has 2 aliphatic rings. The smallest absolute Gasteiger partial charge is 0.313 e. The van der Waals surface area contributed by atoms with E-state index in [1.807, 2.05) is 6.07 Å². The fourth-order valence-electron chi connectivity index (χ4n) is 2.61. The zero-order chi connectivity index (χ0) is 15.8. The van der Waals surface area contributed by atoms with Crippen LogP contribution in [0.2, 0.25) is 0 Å². The van der Waals surface area contributed by atoms with E-state index >= 15 is 0 Å². The van der Waals surface area contributed by atoms with E-state index < -0.39 is 21.4 Å². The van der Waals surface area contributed by atoms with E-state index in [0.717, 1.165) is 17.7 Å². The number of sulfonamides is 1. The minimum atomic E-state index is -3.67. The van der Waals surface area contributed by atoms with Crippen molar-refractivity contribution in [2.24, 2.45) is 5.41 Å². The number of hydrogen-bond acceptors (Lipinski definition) is 5. The van der Waals surface area contributed by atoms with Gasteiger partial charge in [-0.25, -0.2) is 13.1 Å². The number of carboxylic acid groups (broad SMARTS) is 1. The van der Waals surface area contributed by atoms with Gasteiger partial charge in [0.2, 0.25) is 10.0 Å². The zero-order valence-corrected chi connectivity index (χ0v) is 13.7. The van der Waals surface area contributed by atoms with Crippen molar-refractivity contribution >= 4 is 27.3 Å². The van der Waals surface area contributed by atoms with Gasteiger partial charge in [-0.1, -0.05) is 0 Å². The summed E-state index contributed by atoms with van der Waals surface area (Å²) >= 11 is 1.28. The van der Waals surface area contributed by atoms with Gasteiger partial charge in [0.1, 0.15) is 9.62 Å². The van der Waals surface area contributed by atoms with Crippen LogP contribution >= 0.6 is 11.3 Å². The number of hydrogen-bond donors (Lipinski definition) is 2. The number of nitrogens with one attached hydrogen (secondary N) is 1. The third kappa shape index (κ3) is 3.19. The normalized spacial score (nSPS) is 26.0. The Morgan fingerprint density at radius 2 is 2.23 bits per heavy atom. The molecule has 122 valence electrons. The maximum Gasteiger partial charge on any atom is 0.313 e. The van der Waals surface area contributed by atoms with Crippen molar-refractivity contribution in [3.8, 4) is 0 Å². The number of carboxylic acids is 1. The summed E-state index contributed by atoms with van der Waals surface area (Å²) < 4.78 is 32.7. The molecular formula is C14H19NO5S2. The molecule has 1 unspecified atom stereocenters. The summed E-state index contributed by atoms with van der Waals surface area (Å²) in [5, 5.41) is 9.43. The summed E-state index contributed by atoms with van der Waals surface area (Å²) in [5.41, 5.74) is -1.16. The van der Waals surface area contributed by atoms with Crippen molar-refractivity contribution in [2.45, 2.75) is 35.8 Å². The van der Waals surface area contributed by atoms with E-state index in [1.54, 1.807) is 6.07 Å². The molecule has 1 aliphatic heterocycles. The van der Waals surface area contributed by atoms with E-state index in [-0.39, 0.29) is 17.4 Å². The van der Waals surface area contributed by atoms with E-state index in [1.165, 1.54) is 11.3 Å². The molecule has 6 nitrogen and oxygen atoms in total. The Labute approximate surface area is 133 Å². The Hall–Kier alpha value is -0.960. The molecule has 0 spiro atoms. The van der Waals surface area contributed by atoms with E-state index in [2.05, 4.69) is 4.72 Å². The maximum atomic E-state index is 12.4. The average Bonchev–Trinajstić information content (AvgIpc) is 3.23. The quantitative estimate of drug-likeness (QED) is 0.820. The van der Waals surface area contributed by atoms with Gasteiger partial charge < -0.3 is 9.84 Å². The van der Waals surface area contributed by atoms with Crippen LogP contribution in [0, 0.1) is 5.41 Å². The molecule has 8 heteroatoms. The fraction of sp³-hybridized carbons (Fsp3) is 0.643. The number of thiophene rings is 1. The number of aliphatic carboxylic acids is 1. The van der Waals surface area contributed by atoms with Gasteiger partial charge in [0.25, 0.3) is 0 Å². The predicted molar refractivity (Wildman–Crippen MR) is 81.6 cm³/mol. The number of ether oxygens (including phenoxy) is 1. The Balaban J connectivity index is 1.71. The van der Waals surface area contributed by atoms with Crippen molar-refractivity contribution in [1.82, 2.24) is 4.72 Å². The van der Waals surface area contributed by atoms with Gasteiger partial charge >= 0.3 is 5.97 Å². The molecule has 1 saturated carbocycles. The zero-order valence-electron chi connectivity index (χ0n) is 12.1. The van der Waals surface area contributed by atoms with Crippen LogP contribution in [0.3, 0.4) is 0 Å². The molecule has 1 atom stereocenters. The first-order valence-corrected chi connectivity index (χ1v) is 9.63. The lowest BCUT2D eigenvalue weighted by atomic mass is 9.83. The Kier molecular flexibility index (Phi) is 4.28. The number of carbonyl (C=O) groups is 1. The highest BCUT2D eigenvalue weighted by atomic mass is 32.2. The van der Waals surface area contributed by atoms with Crippen molar-refractivity contribution in [1.29, 1.82) is 0 Å². The second-order valence-corrected chi connectivity index (χ2v) is 9.11. The van der Waals surface area contributed by atoms with Crippen molar-refractivity contribution in [2.75, 3.05) is 19.8 Å². The van der Waals surface area contributed by atoms with Gasteiger partial charge in [0, 0.05) is 18.0 Å². The van der Waals surface area contributed by atoms with Crippen molar-refractivity contribution in [3.05, 3.63) is 17.0 Å². The van der Waals surface area contributed by atoms with Crippen LogP contribution in [-0.2, 0) is 19.6 Å². The lowest BCUT2D eigenvalue weighted by molar-refractivity contribution is -0.156. The molecule has 1 aliphatic carbocycles. The van der Waals surface area contributed by atoms with Crippen LogP contribution in [0.1, 0.15) is 36.5 Å². The second kappa shape index (κ2) is 5.92. The topological polar surface area (TPSA) is 92.7 Å². The summed E-state index contributed by atoms with van der Waals surface area (Å²) in [6.07, 6.45) is 3.28. The van der Waals surface area contributed by atoms with Gasteiger partial charge in [0.15, 0.2) is 0 Å². The van der Waals surface area contributed by atoms with Gasteiger partial charge in [0.05, 0.1) is 6.61 Å². The minimum absolute atomic E-state index is 0.0443. The first-order valence-electron chi connectivity index (χ1n) is 7.33. The standard InChI is InChI=1S/C14H19NO5S2/c16-13(17)14(6-1-7-20-9-14)8-15-22(18,19)12-5-4-11(21-12)10-2-3-10/h4-5,10,15H,1-3,6-9H2,(H,16,17). The van der Waals surface area contributed by atoms with Crippen LogP contribution < -0.4 is 4.72 Å². The fourth-order valence-corrected chi connectivity index (χ4v) is 5.27. The lowest BCUT2D eigenvalue weighted by Gasteiger charge is -2.32. The summed E-state index contributed by atoms with van der Waals surface area (Å²) in [5.74, 6) is -0.509. The molecule has 22 heavy (non-hydrogen) atoms. The van der Waals surface area contributed by atoms with Crippen LogP contribution in [0.25, 0.3) is 0 Å². The van der Waals surface area contributed by atoms with Crippen molar-refractivity contribution < 1.29 is 23.1 Å². The molecule has 0 aromatic carbocycles. The number of rotatable bonds is 6. The summed E-state index contributed by atoms with van der Waals surface area (Å²) in [7, 11) is -3.67. The monoisotopic (exact) mass is 345 g/mol. The Morgan fingerprint density at radius 3 is 2.82 bits per heavy atom. The summed E-state index contributed by atoms with van der Waals surface area (Å²) in [6, 6.07) is 3.46. The van der Waals surface area contributed by atoms with Gasteiger partial charge in [-0.05, 0) is 43.7 Å². The molecule has 2 fully saturated rings. The first kappa shape index (κ1) is 15.9. The van der Waals surface area contributed by atoms with Crippen LogP contribution in [0.5, 0.6) is 0 Å². The van der Waals surface area contributed by atoms with Gasteiger partial charge in [-0.3, -0.25) is 4.79 Å². The predicted octanol–water partition coefficient (Wildman–Crippen LogP) is 1.79. The highest BCUT2D eigenvalue weighted by Crippen LogP contribution is 2.44. The second-order valence-electron chi connectivity index (χ2n) is 6.00. The van der Waals surface area contributed by atoms with E-state index in [9.17, 15) is 18.3 Å². The van der Waals surface area contributed by atoms with Gasteiger partial charge in [-0.15, -0.1) is 11.3 Å².